The second kappa shape index (κ2) is 8.00. The highest BCUT2D eigenvalue weighted by Crippen LogP contribution is 2.30. The summed E-state index contributed by atoms with van der Waals surface area (Å²) in [6.45, 7) is -0.0851. The minimum absolute atomic E-state index is 0.000573. The van der Waals surface area contributed by atoms with Crippen LogP contribution in [0.3, 0.4) is 0 Å². The molecular formula is C16H17ClN2O6. The van der Waals surface area contributed by atoms with Crippen molar-refractivity contribution in [1.29, 1.82) is 0 Å². The third-order valence-electron chi connectivity index (χ3n) is 3.57. The van der Waals surface area contributed by atoms with E-state index < -0.39 is 11.9 Å². The third-order valence-corrected chi connectivity index (χ3v) is 3.88. The molecule has 25 heavy (non-hydrogen) atoms. The minimum Gasteiger partial charge on any atom is -0.466 e. The molecule has 0 saturated carbocycles. The number of carbonyl (C=O) groups is 3. The van der Waals surface area contributed by atoms with Crippen molar-refractivity contribution in [1.82, 2.24) is 5.32 Å². The van der Waals surface area contributed by atoms with Gasteiger partial charge in [-0.25, -0.2) is 9.59 Å². The van der Waals surface area contributed by atoms with E-state index in [0.29, 0.717) is 5.69 Å². The standard InChI is InChI=1S/C16H17ClN2O6/c1-18-14(20)10-5-4-9(6-12(10)17)19-8-25-7-11(15(21)23-2)13(19)16(22)24-3/h4-6H,7-8H2,1-3H3,(H,18,20). The van der Waals surface area contributed by atoms with Gasteiger partial charge in [-0.2, -0.15) is 0 Å². The molecule has 1 aromatic rings. The number of ether oxygens (including phenoxy) is 3. The van der Waals surface area contributed by atoms with Crippen LogP contribution in [-0.2, 0) is 23.8 Å². The van der Waals surface area contributed by atoms with Crippen LogP contribution in [0.1, 0.15) is 10.4 Å². The van der Waals surface area contributed by atoms with Gasteiger partial charge in [-0.15, -0.1) is 0 Å². The molecule has 0 aliphatic carbocycles. The molecule has 1 aliphatic rings. The molecule has 0 atom stereocenters. The Balaban J connectivity index is 2.52. The molecule has 1 heterocycles. The molecule has 0 radical (unpaired) electrons. The van der Waals surface area contributed by atoms with E-state index in [4.69, 9.17) is 25.8 Å². The summed E-state index contributed by atoms with van der Waals surface area (Å²) < 4.78 is 14.8. The van der Waals surface area contributed by atoms with Crippen LogP contribution in [0, 0.1) is 0 Å². The number of hydrogen-bond donors (Lipinski definition) is 1. The number of hydrogen-bond acceptors (Lipinski definition) is 7. The molecule has 1 aromatic carbocycles. The van der Waals surface area contributed by atoms with E-state index in [9.17, 15) is 14.4 Å². The number of benzene rings is 1. The van der Waals surface area contributed by atoms with Crippen molar-refractivity contribution in [3.63, 3.8) is 0 Å². The molecule has 0 aromatic heterocycles. The maximum atomic E-state index is 12.2. The Kier molecular flexibility index (Phi) is 6.00. The lowest BCUT2D eigenvalue weighted by Crippen LogP contribution is -2.38. The van der Waals surface area contributed by atoms with E-state index in [1.165, 1.54) is 38.3 Å². The monoisotopic (exact) mass is 368 g/mol. The molecule has 1 amide bonds. The first-order valence-electron chi connectivity index (χ1n) is 7.21. The van der Waals surface area contributed by atoms with E-state index in [1.54, 1.807) is 6.07 Å². The van der Waals surface area contributed by atoms with E-state index in [1.807, 2.05) is 0 Å². The third kappa shape index (κ3) is 3.75. The van der Waals surface area contributed by atoms with E-state index >= 15 is 0 Å². The quantitative estimate of drug-likeness (QED) is 0.795. The number of anilines is 1. The van der Waals surface area contributed by atoms with Gasteiger partial charge in [-0.3, -0.25) is 4.79 Å². The number of rotatable bonds is 4. The van der Waals surface area contributed by atoms with Crippen molar-refractivity contribution in [3.05, 3.63) is 40.1 Å². The number of esters is 2. The summed E-state index contributed by atoms with van der Waals surface area (Å²) >= 11 is 6.16. The SMILES string of the molecule is CNC(=O)c1ccc(N2COCC(C(=O)OC)=C2C(=O)OC)cc1Cl. The smallest absolute Gasteiger partial charge is 0.355 e. The highest BCUT2D eigenvalue weighted by molar-refractivity contribution is 6.34. The lowest BCUT2D eigenvalue weighted by atomic mass is 10.1. The average Bonchev–Trinajstić information content (AvgIpc) is 2.65. The molecule has 1 N–H and O–H groups in total. The number of halogens is 1. The molecule has 0 saturated heterocycles. The number of methoxy groups -OCH3 is 2. The van der Waals surface area contributed by atoms with Crippen molar-refractivity contribution in [2.45, 2.75) is 0 Å². The zero-order valence-corrected chi connectivity index (χ0v) is 14.7. The zero-order valence-electron chi connectivity index (χ0n) is 13.9. The molecule has 134 valence electrons. The van der Waals surface area contributed by atoms with Gasteiger partial charge in [-0.1, -0.05) is 11.6 Å². The van der Waals surface area contributed by atoms with E-state index in [0.717, 1.165) is 0 Å². The predicted molar refractivity (Wildman–Crippen MR) is 89.2 cm³/mol. The Hall–Kier alpha value is -2.58. The van der Waals surface area contributed by atoms with Crippen LogP contribution in [0.5, 0.6) is 0 Å². The maximum absolute atomic E-state index is 12.2. The molecular weight excluding hydrogens is 352 g/mol. The lowest BCUT2D eigenvalue weighted by Gasteiger charge is -2.31. The normalized spacial score (nSPS) is 14.2. The lowest BCUT2D eigenvalue weighted by molar-refractivity contribution is -0.140. The van der Waals surface area contributed by atoms with Crippen molar-refractivity contribution < 1.29 is 28.6 Å². The van der Waals surface area contributed by atoms with Crippen LogP contribution >= 0.6 is 11.6 Å². The average molecular weight is 369 g/mol. The summed E-state index contributed by atoms with van der Waals surface area (Å²) in [7, 11) is 3.91. The first-order valence-corrected chi connectivity index (χ1v) is 7.59. The molecule has 9 heteroatoms. The molecule has 0 bridgehead atoms. The molecule has 8 nitrogen and oxygen atoms in total. The Morgan fingerprint density at radius 2 is 1.88 bits per heavy atom. The summed E-state index contributed by atoms with van der Waals surface area (Å²) in [5, 5.41) is 2.67. The molecule has 0 fully saturated rings. The number of nitrogens with zero attached hydrogens (tertiary/aromatic N) is 1. The van der Waals surface area contributed by atoms with Gasteiger partial charge < -0.3 is 24.4 Å². The summed E-state index contributed by atoms with van der Waals surface area (Å²) in [5.41, 5.74) is 0.776. The van der Waals surface area contributed by atoms with Gasteiger partial charge in [0.25, 0.3) is 5.91 Å². The van der Waals surface area contributed by atoms with Gasteiger partial charge in [0, 0.05) is 12.7 Å². The minimum atomic E-state index is -0.713. The van der Waals surface area contributed by atoms with Gasteiger partial charge in [0.2, 0.25) is 0 Å². The Morgan fingerprint density at radius 3 is 2.44 bits per heavy atom. The van der Waals surface area contributed by atoms with Gasteiger partial charge in [0.1, 0.15) is 12.4 Å². The second-order valence-electron chi connectivity index (χ2n) is 4.96. The highest BCUT2D eigenvalue weighted by Gasteiger charge is 2.32. The van der Waals surface area contributed by atoms with E-state index in [2.05, 4.69) is 5.32 Å². The Labute approximate surface area is 149 Å². The van der Waals surface area contributed by atoms with Gasteiger partial charge in [0.15, 0.2) is 0 Å². The maximum Gasteiger partial charge on any atom is 0.355 e. The van der Waals surface area contributed by atoms with Crippen LogP contribution in [0.15, 0.2) is 29.5 Å². The van der Waals surface area contributed by atoms with Crippen molar-refractivity contribution in [2.75, 3.05) is 39.5 Å². The highest BCUT2D eigenvalue weighted by atomic mass is 35.5. The fourth-order valence-corrected chi connectivity index (χ4v) is 2.60. The summed E-state index contributed by atoms with van der Waals surface area (Å²) in [6.07, 6.45) is 0. The number of amides is 1. The summed E-state index contributed by atoms with van der Waals surface area (Å²) in [6, 6.07) is 4.60. The molecule has 0 unspecified atom stereocenters. The van der Waals surface area contributed by atoms with Gasteiger partial charge in [0.05, 0.1) is 37.0 Å². The fourth-order valence-electron chi connectivity index (χ4n) is 2.34. The first-order chi connectivity index (χ1) is 11.9. The Morgan fingerprint density at radius 1 is 1.20 bits per heavy atom. The largest absolute Gasteiger partial charge is 0.466 e. The fraction of sp³-hybridized carbons (Fsp3) is 0.312. The number of nitrogens with one attached hydrogen (secondary N) is 1. The van der Waals surface area contributed by atoms with Gasteiger partial charge >= 0.3 is 11.9 Å². The van der Waals surface area contributed by atoms with Crippen LogP contribution in [0.25, 0.3) is 0 Å². The summed E-state index contributed by atoms with van der Waals surface area (Å²) in [4.78, 5) is 37.3. The molecule has 0 spiro atoms. The van der Waals surface area contributed by atoms with Crippen LogP contribution in [0.4, 0.5) is 5.69 Å². The van der Waals surface area contributed by atoms with Crippen molar-refractivity contribution >= 4 is 35.1 Å². The molecule has 2 rings (SSSR count). The predicted octanol–water partition coefficient (Wildman–Crippen LogP) is 1.09. The molecule has 1 aliphatic heterocycles. The number of carbonyl (C=O) groups excluding carboxylic acids is 3. The zero-order chi connectivity index (χ0) is 18.6. The van der Waals surface area contributed by atoms with Crippen LogP contribution in [0.2, 0.25) is 5.02 Å². The topological polar surface area (TPSA) is 94.2 Å². The van der Waals surface area contributed by atoms with Gasteiger partial charge in [-0.05, 0) is 18.2 Å². The van der Waals surface area contributed by atoms with Crippen LogP contribution < -0.4 is 10.2 Å². The second-order valence-corrected chi connectivity index (χ2v) is 5.37. The van der Waals surface area contributed by atoms with E-state index in [-0.39, 0.29) is 41.1 Å². The summed E-state index contributed by atoms with van der Waals surface area (Å²) in [5.74, 6) is -1.75. The van der Waals surface area contributed by atoms with Crippen molar-refractivity contribution in [2.24, 2.45) is 0 Å². The van der Waals surface area contributed by atoms with Crippen molar-refractivity contribution in [3.8, 4) is 0 Å². The first kappa shape index (κ1) is 18.8. The Bertz CT molecular complexity index is 746. The van der Waals surface area contributed by atoms with Crippen LogP contribution in [-0.4, -0.2) is 52.5 Å².